The predicted molar refractivity (Wildman–Crippen MR) is 107 cm³/mol. The smallest absolute Gasteiger partial charge is 0.265 e. The van der Waals surface area contributed by atoms with Crippen LogP contribution in [0.3, 0.4) is 0 Å². The number of nitrogens with one attached hydrogen (secondary N) is 1. The van der Waals surface area contributed by atoms with Gasteiger partial charge in [-0.1, -0.05) is 50.1 Å². The molecule has 2 heterocycles. The average molecular weight is 460 g/mol. The van der Waals surface area contributed by atoms with E-state index in [-0.39, 0.29) is 0 Å². The van der Waals surface area contributed by atoms with Gasteiger partial charge in [-0.2, -0.15) is 10.1 Å². The number of nitrogens with zero attached hydrogens (tertiary/aromatic N) is 5. The Morgan fingerprint density at radius 1 is 1.08 bits per heavy atom. The first kappa shape index (κ1) is 16.2. The largest absolute Gasteiger partial charge is 0.327 e. The fourth-order valence-electron chi connectivity index (χ4n) is 2.67. The molecule has 0 radical (unpaired) electrons. The highest BCUT2D eigenvalue weighted by Gasteiger charge is 2.11. The number of hydrogen-bond donors (Lipinski definition) is 1. The van der Waals surface area contributed by atoms with Gasteiger partial charge in [-0.05, 0) is 29.8 Å². The maximum atomic E-state index is 4.52. The zero-order chi connectivity index (χ0) is 17.4. The first-order valence-corrected chi connectivity index (χ1v) is 9.03. The highest BCUT2D eigenvalue weighted by Crippen LogP contribution is 2.24. The van der Waals surface area contributed by atoms with Gasteiger partial charge in [0.1, 0.15) is 5.52 Å². The van der Waals surface area contributed by atoms with Crippen molar-refractivity contribution in [3.8, 4) is 0 Å². The standard InChI is InChI=1S/C17H12Br2N6/c1-25-14-5-3-2-4-13(14)15-16(25)21-17(24-22-15)23-20-9-10-6-11(18)8-12(19)7-10/h2-9H,1H3,(H,21,23,24). The van der Waals surface area contributed by atoms with Crippen LogP contribution < -0.4 is 5.43 Å². The summed E-state index contributed by atoms with van der Waals surface area (Å²) in [5.74, 6) is 0.351. The summed E-state index contributed by atoms with van der Waals surface area (Å²) in [5, 5.41) is 13.6. The van der Waals surface area contributed by atoms with Gasteiger partial charge < -0.3 is 4.57 Å². The number of halogens is 2. The van der Waals surface area contributed by atoms with Gasteiger partial charge in [0.2, 0.25) is 0 Å². The second-order valence-corrected chi connectivity index (χ2v) is 7.29. The molecule has 6 nitrogen and oxygen atoms in total. The number of hydrazone groups is 1. The minimum atomic E-state index is 0.351. The van der Waals surface area contributed by atoms with E-state index in [1.54, 1.807) is 6.21 Å². The number of para-hydroxylation sites is 1. The number of fused-ring (bicyclic) bond motifs is 3. The molecule has 8 heteroatoms. The van der Waals surface area contributed by atoms with Crippen LogP contribution in [0.2, 0.25) is 0 Å². The highest BCUT2D eigenvalue weighted by molar-refractivity contribution is 9.11. The molecule has 0 amide bonds. The van der Waals surface area contributed by atoms with Crippen molar-refractivity contribution >= 4 is 66.1 Å². The van der Waals surface area contributed by atoms with E-state index in [4.69, 9.17) is 0 Å². The monoisotopic (exact) mass is 458 g/mol. The molecular weight excluding hydrogens is 448 g/mol. The fraction of sp³-hybridized carbons (Fsp3) is 0.0588. The summed E-state index contributed by atoms with van der Waals surface area (Å²) in [7, 11) is 1.96. The Morgan fingerprint density at radius 3 is 2.64 bits per heavy atom. The van der Waals surface area contributed by atoms with Gasteiger partial charge in [-0.25, -0.2) is 5.43 Å². The molecule has 2 aromatic carbocycles. The topological polar surface area (TPSA) is 68.0 Å². The summed E-state index contributed by atoms with van der Waals surface area (Å²) in [4.78, 5) is 4.52. The number of aryl methyl sites for hydroxylation is 1. The molecule has 0 saturated carbocycles. The third-order valence-electron chi connectivity index (χ3n) is 3.77. The van der Waals surface area contributed by atoms with Crippen LogP contribution in [0.5, 0.6) is 0 Å². The first-order chi connectivity index (χ1) is 12.1. The molecule has 0 bridgehead atoms. The minimum Gasteiger partial charge on any atom is -0.327 e. The molecule has 0 aliphatic heterocycles. The van der Waals surface area contributed by atoms with Crippen molar-refractivity contribution in [2.45, 2.75) is 0 Å². The van der Waals surface area contributed by atoms with Crippen molar-refractivity contribution in [3.63, 3.8) is 0 Å². The lowest BCUT2D eigenvalue weighted by Crippen LogP contribution is -2.00. The molecule has 2 aromatic heterocycles. The van der Waals surface area contributed by atoms with E-state index >= 15 is 0 Å². The molecule has 4 rings (SSSR count). The lowest BCUT2D eigenvalue weighted by atomic mass is 10.2. The summed E-state index contributed by atoms with van der Waals surface area (Å²) in [6, 6.07) is 13.9. The molecule has 0 unspecified atom stereocenters. The Balaban J connectivity index is 1.65. The van der Waals surface area contributed by atoms with Crippen molar-refractivity contribution < 1.29 is 0 Å². The zero-order valence-corrected chi connectivity index (χ0v) is 16.3. The lowest BCUT2D eigenvalue weighted by molar-refractivity contribution is 0.949. The van der Waals surface area contributed by atoms with Gasteiger partial charge in [-0.3, -0.25) is 0 Å². The van der Waals surface area contributed by atoms with Crippen LogP contribution in [-0.4, -0.2) is 26.0 Å². The predicted octanol–water partition coefficient (Wildman–Crippen LogP) is 4.49. The van der Waals surface area contributed by atoms with E-state index in [9.17, 15) is 0 Å². The quantitative estimate of drug-likeness (QED) is 0.362. The van der Waals surface area contributed by atoms with E-state index in [0.29, 0.717) is 5.95 Å². The van der Waals surface area contributed by atoms with Crippen molar-refractivity contribution in [1.29, 1.82) is 0 Å². The summed E-state index contributed by atoms with van der Waals surface area (Å²) in [6.07, 6.45) is 1.70. The number of benzene rings is 2. The second-order valence-electron chi connectivity index (χ2n) is 5.46. The number of rotatable bonds is 3. The molecule has 4 aromatic rings. The first-order valence-electron chi connectivity index (χ1n) is 7.45. The summed E-state index contributed by atoms with van der Waals surface area (Å²) in [6.45, 7) is 0. The van der Waals surface area contributed by atoms with Crippen LogP contribution in [0.25, 0.3) is 22.1 Å². The van der Waals surface area contributed by atoms with E-state index in [0.717, 1.165) is 36.6 Å². The van der Waals surface area contributed by atoms with E-state index in [1.165, 1.54) is 0 Å². The molecule has 0 atom stereocenters. The molecule has 0 fully saturated rings. The van der Waals surface area contributed by atoms with Gasteiger partial charge >= 0.3 is 0 Å². The van der Waals surface area contributed by atoms with Gasteiger partial charge in [0.15, 0.2) is 5.65 Å². The van der Waals surface area contributed by atoms with Crippen LogP contribution >= 0.6 is 31.9 Å². The summed E-state index contributed by atoms with van der Waals surface area (Å²) < 4.78 is 3.94. The Bertz CT molecular complexity index is 1100. The Kier molecular flexibility index (Phi) is 4.22. The molecule has 124 valence electrons. The van der Waals surface area contributed by atoms with Gasteiger partial charge in [0, 0.05) is 21.4 Å². The Hall–Kier alpha value is -2.32. The Morgan fingerprint density at radius 2 is 1.84 bits per heavy atom. The van der Waals surface area contributed by atoms with Crippen LogP contribution in [0.1, 0.15) is 5.56 Å². The number of hydrogen-bond acceptors (Lipinski definition) is 5. The third-order valence-corrected chi connectivity index (χ3v) is 4.69. The van der Waals surface area contributed by atoms with E-state index in [2.05, 4.69) is 57.6 Å². The molecule has 1 N–H and O–H groups in total. The van der Waals surface area contributed by atoms with Gasteiger partial charge in [-0.15, -0.1) is 10.2 Å². The molecule has 0 spiro atoms. The molecule has 0 aliphatic carbocycles. The van der Waals surface area contributed by atoms with Crippen LogP contribution in [0.4, 0.5) is 5.95 Å². The van der Waals surface area contributed by atoms with Crippen LogP contribution in [-0.2, 0) is 7.05 Å². The normalized spacial score (nSPS) is 11.6. The maximum Gasteiger partial charge on any atom is 0.265 e. The number of aromatic nitrogens is 4. The zero-order valence-electron chi connectivity index (χ0n) is 13.1. The van der Waals surface area contributed by atoms with Gasteiger partial charge in [0.25, 0.3) is 5.95 Å². The van der Waals surface area contributed by atoms with E-state index < -0.39 is 0 Å². The van der Waals surface area contributed by atoms with Crippen molar-refractivity contribution in [1.82, 2.24) is 19.7 Å². The average Bonchev–Trinajstić information content (AvgIpc) is 2.87. The fourth-order valence-corrected chi connectivity index (χ4v) is 4.00. The lowest BCUT2D eigenvalue weighted by Gasteiger charge is -2.00. The van der Waals surface area contributed by atoms with Crippen molar-refractivity contribution in [3.05, 3.63) is 57.0 Å². The number of anilines is 1. The van der Waals surface area contributed by atoms with Crippen molar-refractivity contribution in [2.24, 2.45) is 12.1 Å². The third kappa shape index (κ3) is 3.14. The Labute approximate surface area is 160 Å². The summed E-state index contributed by atoms with van der Waals surface area (Å²) in [5.41, 5.74) is 6.39. The SMILES string of the molecule is Cn1c2ccccc2c2nnc(NN=Cc3cc(Br)cc(Br)c3)nc21. The molecule has 0 saturated heterocycles. The summed E-state index contributed by atoms with van der Waals surface area (Å²) >= 11 is 6.90. The molecule has 0 aliphatic rings. The second kappa shape index (κ2) is 6.53. The van der Waals surface area contributed by atoms with Crippen LogP contribution in [0.15, 0.2) is 56.5 Å². The highest BCUT2D eigenvalue weighted by atomic mass is 79.9. The van der Waals surface area contributed by atoms with Crippen LogP contribution in [0, 0.1) is 0 Å². The van der Waals surface area contributed by atoms with E-state index in [1.807, 2.05) is 54.1 Å². The molecular formula is C17H12Br2N6. The van der Waals surface area contributed by atoms with Crippen molar-refractivity contribution in [2.75, 3.05) is 5.43 Å². The minimum absolute atomic E-state index is 0.351. The van der Waals surface area contributed by atoms with Gasteiger partial charge in [0.05, 0.1) is 11.7 Å². The maximum absolute atomic E-state index is 4.52. The molecule has 25 heavy (non-hydrogen) atoms.